The highest BCUT2D eigenvalue weighted by molar-refractivity contribution is 5.98. The number of nitrogen functional groups attached to an aromatic ring is 1. The third-order valence-electron chi connectivity index (χ3n) is 3.31. The number of benzene rings is 1. The lowest BCUT2D eigenvalue weighted by Crippen LogP contribution is -2.10. The molecule has 0 saturated heterocycles. The fourth-order valence-corrected chi connectivity index (χ4v) is 2.03. The molecule has 4 heteroatoms. The highest BCUT2D eigenvalue weighted by Crippen LogP contribution is 2.33. The molecule has 0 aromatic heterocycles. The Bertz CT molecular complexity index is 428. The van der Waals surface area contributed by atoms with E-state index in [-0.39, 0.29) is 0 Å². The van der Waals surface area contributed by atoms with Gasteiger partial charge in [-0.3, -0.25) is 0 Å². The Labute approximate surface area is 108 Å². The molecule has 0 atom stereocenters. The topological polar surface area (TPSA) is 64.3 Å². The summed E-state index contributed by atoms with van der Waals surface area (Å²) in [5.74, 6) is 0.555. The van der Waals surface area contributed by atoms with Crippen LogP contribution in [0.3, 0.4) is 0 Å². The number of para-hydroxylation sites is 1. The smallest absolute Gasteiger partial charge is 0.340 e. The van der Waals surface area contributed by atoms with E-state index in [1.165, 1.54) is 26.4 Å². The van der Waals surface area contributed by atoms with E-state index in [4.69, 9.17) is 10.5 Å². The van der Waals surface area contributed by atoms with Gasteiger partial charge in [-0.2, -0.15) is 0 Å². The number of methoxy groups -OCH3 is 1. The van der Waals surface area contributed by atoms with Crippen molar-refractivity contribution in [2.45, 2.75) is 25.7 Å². The van der Waals surface area contributed by atoms with Gasteiger partial charge in [0, 0.05) is 6.54 Å². The Morgan fingerprint density at radius 2 is 2.28 bits per heavy atom. The summed E-state index contributed by atoms with van der Waals surface area (Å²) >= 11 is 0. The lowest BCUT2D eigenvalue weighted by atomic mass is 10.1. The molecule has 0 spiro atoms. The number of carbonyl (C=O) groups excluding carboxylic acids is 1. The van der Waals surface area contributed by atoms with Crippen molar-refractivity contribution in [2.24, 2.45) is 5.92 Å². The molecule has 1 aliphatic rings. The van der Waals surface area contributed by atoms with Crippen LogP contribution in [0.4, 0.5) is 11.4 Å². The van der Waals surface area contributed by atoms with Crippen LogP contribution in [-0.4, -0.2) is 19.6 Å². The first-order valence-corrected chi connectivity index (χ1v) is 6.43. The van der Waals surface area contributed by atoms with E-state index >= 15 is 0 Å². The molecule has 1 fully saturated rings. The van der Waals surface area contributed by atoms with Crippen molar-refractivity contribution in [3.8, 4) is 0 Å². The van der Waals surface area contributed by atoms with Crippen LogP contribution in [0.2, 0.25) is 0 Å². The van der Waals surface area contributed by atoms with Gasteiger partial charge in [0.25, 0.3) is 0 Å². The second kappa shape index (κ2) is 5.76. The molecule has 98 valence electrons. The Hall–Kier alpha value is -1.71. The number of hydrogen-bond acceptors (Lipinski definition) is 4. The van der Waals surface area contributed by atoms with Gasteiger partial charge >= 0.3 is 5.97 Å². The number of nitrogens with one attached hydrogen (secondary N) is 1. The van der Waals surface area contributed by atoms with Crippen LogP contribution < -0.4 is 11.1 Å². The molecular formula is C14H20N2O2. The maximum Gasteiger partial charge on any atom is 0.340 e. The van der Waals surface area contributed by atoms with Crippen LogP contribution in [-0.2, 0) is 4.74 Å². The number of hydrogen-bond donors (Lipinski definition) is 2. The number of nitrogens with two attached hydrogens (primary N) is 1. The highest BCUT2D eigenvalue weighted by atomic mass is 16.5. The fraction of sp³-hybridized carbons (Fsp3) is 0.500. The molecule has 1 aliphatic carbocycles. The molecule has 2 rings (SSSR count). The number of anilines is 2. The molecule has 0 bridgehead atoms. The van der Waals surface area contributed by atoms with Gasteiger partial charge in [0.1, 0.15) is 0 Å². The van der Waals surface area contributed by atoms with E-state index in [2.05, 4.69) is 5.32 Å². The predicted octanol–water partition coefficient (Wildman–Crippen LogP) is 2.66. The molecule has 0 aliphatic heterocycles. The predicted molar refractivity (Wildman–Crippen MR) is 72.6 cm³/mol. The van der Waals surface area contributed by atoms with Gasteiger partial charge < -0.3 is 15.8 Å². The van der Waals surface area contributed by atoms with Crippen molar-refractivity contribution in [1.29, 1.82) is 0 Å². The maximum absolute atomic E-state index is 11.5. The lowest BCUT2D eigenvalue weighted by molar-refractivity contribution is 0.0602. The van der Waals surface area contributed by atoms with Crippen LogP contribution in [0.5, 0.6) is 0 Å². The molecule has 3 N–H and O–H groups in total. The standard InChI is InChI=1S/C14H20N2O2/c1-18-14(17)11-5-2-6-12(13(11)15)16-9-3-4-10-7-8-10/h2,5-6,10,16H,3-4,7-9,15H2,1H3. The summed E-state index contributed by atoms with van der Waals surface area (Å²) < 4.78 is 4.69. The van der Waals surface area contributed by atoms with Gasteiger partial charge in [0.15, 0.2) is 0 Å². The van der Waals surface area contributed by atoms with Crippen LogP contribution in [0, 0.1) is 5.92 Å². The second-order valence-corrected chi connectivity index (χ2v) is 4.77. The zero-order valence-corrected chi connectivity index (χ0v) is 10.7. The average molecular weight is 248 g/mol. The Balaban J connectivity index is 1.92. The zero-order chi connectivity index (χ0) is 13.0. The molecular weight excluding hydrogens is 228 g/mol. The first-order valence-electron chi connectivity index (χ1n) is 6.43. The van der Waals surface area contributed by atoms with E-state index in [0.717, 1.165) is 24.6 Å². The first-order chi connectivity index (χ1) is 8.72. The second-order valence-electron chi connectivity index (χ2n) is 4.77. The summed E-state index contributed by atoms with van der Waals surface area (Å²) in [7, 11) is 1.36. The van der Waals surface area contributed by atoms with Crippen molar-refractivity contribution in [3.63, 3.8) is 0 Å². The number of ether oxygens (including phenoxy) is 1. The third-order valence-corrected chi connectivity index (χ3v) is 3.31. The summed E-state index contributed by atoms with van der Waals surface area (Å²) in [4.78, 5) is 11.5. The maximum atomic E-state index is 11.5. The van der Waals surface area contributed by atoms with Crippen molar-refractivity contribution in [2.75, 3.05) is 24.7 Å². The Morgan fingerprint density at radius 1 is 1.50 bits per heavy atom. The van der Waals surface area contributed by atoms with Gasteiger partial charge in [-0.25, -0.2) is 4.79 Å². The van der Waals surface area contributed by atoms with E-state index in [1.54, 1.807) is 6.07 Å². The van der Waals surface area contributed by atoms with Crippen LogP contribution in [0.25, 0.3) is 0 Å². The van der Waals surface area contributed by atoms with Crippen molar-refractivity contribution in [1.82, 2.24) is 0 Å². The molecule has 0 radical (unpaired) electrons. The quantitative estimate of drug-likeness (QED) is 0.461. The largest absolute Gasteiger partial charge is 0.465 e. The minimum Gasteiger partial charge on any atom is -0.465 e. The van der Waals surface area contributed by atoms with Crippen LogP contribution in [0.15, 0.2) is 18.2 Å². The first kappa shape index (κ1) is 12.7. The fourth-order valence-electron chi connectivity index (χ4n) is 2.03. The van der Waals surface area contributed by atoms with Gasteiger partial charge in [0.05, 0.1) is 24.0 Å². The molecule has 1 aromatic rings. The minimum absolute atomic E-state index is 0.394. The molecule has 0 unspecified atom stereocenters. The van der Waals surface area contributed by atoms with Crippen LogP contribution >= 0.6 is 0 Å². The molecule has 18 heavy (non-hydrogen) atoms. The SMILES string of the molecule is COC(=O)c1cccc(NCCCC2CC2)c1N. The monoisotopic (exact) mass is 248 g/mol. The summed E-state index contributed by atoms with van der Waals surface area (Å²) in [5, 5.41) is 3.28. The van der Waals surface area contributed by atoms with Crippen molar-refractivity contribution >= 4 is 17.3 Å². The summed E-state index contributed by atoms with van der Waals surface area (Å²) in [5.41, 5.74) is 7.65. The highest BCUT2D eigenvalue weighted by Gasteiger charge is 2.20. The van der Waals surface area contributed by atoms with E-state index in [9.17, 15) is 4.79 Å². The molecule has 0 amide bonds. The number of carbonyl (C=O) groups is 1. The molecule has 4 nitrogen and oxygen atoms in total. The van der Waals surface area contributed by atoms with E-state index < -0.39 is 5.97 Å². The van der Waals surface area contributed by atoms with Gasteiger partial charge in [-0.15, -0.1) is 0 Å². The van der Waals surface area contributed by atoms with Gasteiger partial charge in [0.2, 0.25) is 0 Å². The molecule has 1 aromatic carbocycles. The van der Waals surface area contributed by atoms with Crippen molar-refractivity contribution < 1.29 is 9.53 Å². The molecule has 0 heterocycles. The van der Waals surface area contributed by atoms with E-state index in [1.807, 2.05) is 12.1 Å². The van der Waals surface area contributed by atoms with Gasteiger partial charge in [-0.1, -0.05) is 18.9 Å². The summed E-state index contributed by atoms with van der Waals surface area (Å²) in [6, 6.07) is 5.38. The summed E-state index contributed by atoms with van der Waals surface area (Å²) in [6.45, 7) is 0.894. The Kier molecular flexibility index (Phi) is 4.07. The van der Waals surface area contributed by atoms with Crippen molar-refractivity contribution in [3.05, 3.63) is 23.8 Å². The lowest BCUT2D eigenvalue weighted by Gasteiger charge is -2.11. The zero-order valence-electron chi connectivity index (χ0n) is 10.7. The summed E-state index contributed by atoms with van der Waals surface area (Å²) in [6.07, 6.45) is 5.20. The molecule has 1 saturated carbocycles. The number of esters is 1. The minimum atomic E-state index is -0.394. The number of rotatable bonds is 6. The normalized spacial score (nSPS) is 14.3. The average Bonchev–Trinajstić information content (AvgIpc) is 3.19. The van der Waals surface area contributed by atoms with E-state index in [0.29, 0.717) is 11.3 Å². The Morgan fingerprint density at radius 3 is 2.94 bits per heavy atom. The third kappa shape index (κ3) is 3.15. The van der Waals surface area contributed by atoms with Crippen LogP contribution in [0.1, 0.15) is 36.0 Å². The van der Waals surface area contributed by atoms with Gasteiger partial charge in [-0.05, 0) is 30.9 Å².